The summed E-state index contributed by atoms with van der Waals surface area (Å²) in [6.45, 7) is 1.54. The average molecular weight is 453 g/mol. The Hall–Kier alpha value is -3.07. The maximum absolute atomic E-state index is 12.6. The van der Waals surface area contributed by atoms with Crippen molar-refractivity contribution in [1.82, 2.24) is 20.1 Å². The number of hydrogen-bond donors (Lipinski definition) is 1. The van der Waals surface area contributed by atoms with Gasteiger partial charge < -0.3 is 10.1 Å². The number of alkyl halides is 3. The van der Waals surface area contributed by atoms with Gasteiger partial charge in [-0.1, -0.05) is 30.7 Å². The number of amides is 1. The number of rotatable bonds is 8. The molecule has 1 N–H and O–H groups in total. The number of carbonyl (C=O) groups is 1. The largest absolute Gasteiger partial charge is 0.482 e. The fourth-order valence-electron chi connectivity index (χ4n) is 2.81. The second kappa shape index (κ2) is 9.82. The molecule has 0 spiro atoms. The van der Waals surface area contributed by atoms with Gasteiger partial charge in [-0.3, -0.25) is 9.48 Å². The van der Waals surface area contributed by atoms with Crippen LogP contribution in [0.4, 0.5) is 13.2 Å². The highest BCUT2D eigenvalue weighted by Crippen LogP contribution is 2.32. The lowest BCUT2D eigenvalue weighted by Gasteiger charge is -2.14. The highest BCUT2D eigenvalue weighted by molar-refractivity contribution is 6.30. The molecule has 31 heavy (non-hydrogen) atoms. The number of halogens is 4. The van der Waals surface area contributed by atoms with E-state index in [4.69, 9.17) is 16.3 Å². The number of pyridine rings is 1. The van der Waals surface area contributed by atoms with Gasteiger partial charge in [0.1, 0.15) is 11.4 Å². The van der Waals surface area contributed by atoms with E-state index in [1.54, 1.807) is 35.0 Å². The van der Waals surface area contributed by atoms with Crippen molar-refractivity contribution in [2.75, 3.05) is 6.61 Å². The topological polar surface area (TPSA) is 69.0 Å². The van der Waals surface area contributed by atoms with E-state index in [9.17, 15) is 18.0 Å². The van der Waals surface area contributed by atoms with Gasteiger partial charge in [0.2, 0.25) is 0 Å². The van der Waals surface area contributed by atoms with Crippen LogP contribution >= 0.6 is 11.6 Å². The predicted molar refractivity (Wildman–Crippen MR) is 110 cm³/mol. The minimum atomic E-state index is -4.51. The fourth-order valence-corrected chi connectivity index (χ4v) is 2.94. The van der Waals surface area contributed by atoms with Gasteiger partial charge in [-0.25, -0.2) is 4.98 Å². The Morgan fingerprint density at radius 1 is 1.23 bits per heavy atom. The molecule has 0 atom stereocenters. The second-order valence-corrected chi connectivity index (χ2v) is 7.17. The minimum absolute atomic E-state index is 0.0392. The molecule has 1 aromatic carbocycles. The summed E-state index contributed by atoms with van der Waals surface area (Å²) in [5, 5.41) is 7.53. The van der Waals surface area contributed by atoms with Gasteiger partial charge in [-0.05, 0) is 36.2 Å². The van der Waals surface area contributed by atoms with Crippen LogP contribution in [0.5, 0.6) is 5.75 Å². The Morgan fingerprint density at radius 2 is 1.97 bits per heavy atom. The average Bonchev–Trinajstić information content (AvgIpc) is 3.18. The van der Waals surface area contributed by atoms with Gasteiger partial charge in [-0.15, -0.1) is 0 Å². The maximum Gasteiger partial charge on any atom is 0.422 e. The lowest BCUT2D eigenvalue weighted by Crippen LogP contribution is -2.24. The molecule has 0 radical (unpaired) electrons. The Morgan fingerprint density at radius 3 is 2.65 bits per heavy atom. The van der Waals surface area contributed by atoms with E-state index >= 15 is 0 Å². The van der Waals surface area contributed by atoms with E-state index in [0.29, 0.717) is 21.8 Å². The Kier molecular flexibility index (Phi) is 7.17. The molecule has 2 aromatic heterocycles. The molecule has 164 valence electrons. The molecule has 0 unspecified atom stereocenters. The lowest BCUT2D eigenvalue weighted by atomic mass is 10.0. The Labute approximate surface area is 182 Å². The van der Waals surface area contributed by atoms with Crippen LogP contribution in [-0.2, 0) is 13.1 Å². The van der Waals surface area contributed by atoms with Crippen molar-refractivity contribution in [3.05, 3.63) is 65.2 Å². The SMILES string of the molecule is CCCn1ccc(CNC(=O)c2cc(-c3ccc(Cl)cc3)c(OCC(F)(F)F)cn2)n1. The third-order valence-electron chi connectivity index (χ3n) is 4.23. The molecular weight excluding hydrogens is 433 g/mol. The molecule has 1 amide bonds. The summed E-state index contributed by atoms with van der Waals surface area (Å²) in [6.07, 6.45) is -0.628. The number of aryl methyl sites for hydroxylation is 1. The standard InChI is InChI=1S/C21H20ClF3N4O2/c1-2-8-29-9-7-16(28-29)11-27-20(30)18-10-17(14-3-5-15(22)6-4-14)19(12-26-18)31-13-21(23,24)25/h3-7,9-10,12H,2,8,11,13H2,1H3,(H,27,30). The number of nitrogens with zero attached hydrogens (tertiary/aromatic N) is 3. The third kappa shape index (κ3) is 6.45. The van der Waals surface area contributed by atoms with Crippen molar-refractivity contribution < 1.29 is 22.7 Å². The minimum Gasteiger partial charge on any atom is -0.482 e. The molecular formula is C21H20ClF3N4O2. The molecule has 3 aromatic rings. The van der Waals surface area contributed by atoms with Crippen molar-refractivity contribution in [1.29, 1.82) is 0 Å². The van der Waals surface area contributed by atoms with Crippen LogP contribution in [0.1, 0.15) is 29.5 Å². The Balaban J connectivity index is 1.80. The number of ether oxygens (including phenoxy) is 1. The van der Waals surface area contributed by atoms with E-state index in [1.807, 2.05) is 13.1 Å². The second-order valence-electron chi connectivity index (χ2n) is 6.73. The van der Waals surface area contributed by atoms with Crippen LogP contribution < -0.4 is 10.1 Å². The van der Waals surface area contributed by atoms with Crippen LogP contribution in [0, 0.1) is 0 Å². The molecule has 0 aliphatic heterocycles. The molecule has 0 aliphatic carbocycles. The summed E-state index contributed by atoms with van der Waals surface area (Å²) in [7, 11) is 0. The van der Waals surface area contributed by atoms with Crippen molar-refractivity contribution in [2.45, 2.75) is 32.6 Å². The molecule has 0 fully saturated rings. The number of hydrogen-bond acceptors (Lipinski definition) is 4. The van der Waals surface area contributed by atoms with E-state index < -0.39 is 18.7 Å². The zero-order valence-electron chi connectivity index (χ0n) is 16.6. The highest BCUT2D eigenvalue weighted by Gasteiger charge is 2.29. The first-order chi connectivity index (χ1) is 14.7. The Bertz CT molecular complexity index is 1040. The van der Waals surface area contributed by atoms with Gasteiger partial charge in [-0.2, -0.15) is 18.3 Å². The fraction of sp³-hybridized carbons (Fsp3) is 0.286. The number of nitrogens with one attached hydrogen (secondary N) is 1. The predicted octanol–water partition coefficient (Wildman–Crippen LogP) is 4.88. The van der Waals surface area contributed by atoms with Gasteiger partial charge in [0.05, 0.1) is 18.4 Å². The maximum atomic E-state index is 12.6. The van der Waals surface area contributed by atoms with E-state index in [2.05, 4.69) is 15.4 Å². The quantitative estimate of drug-likeness (QED) is 0.529. The van der Waals surface area contributed by atoms with E-state index in [0.717, 1.165) is 19.2 Å². The zero-order valence-corrected chi connectivity index (χ0v) is 17.4. The molecule has 10 heteroatoms. The lowest BCUT2D eigenvalue weighted by molar-refractivity contribution is -0.153. The van der Waals surface area contributed by atoms with E-state index in [-0.39, 0.29) is 18.0 Å². The van der Waals surface area contributed by atoms with Gasteiger partial charge in [0, 0.05) is 23.3 Å². The summed E-state index contributed by atoms with van der Waals surface area (Å²) in [5.74, 6) is -0.572. The molecule has 3 rings (SSSR count). The first-order valence-electron chi connectivity index (χ1n) is 9.51. The van der Waals surface area contributed by atoms with Crippen LogP contribution in [0.2, 0.25) is 5.02 Å². The highest BCUT2D eigenvalue weighted by atomic mass is 35.5. The molecule has 6 nitrogen and oxygen atoms in total. The molecule has 2 heterocycles. The van der Waals surface area contributed by atoms with Crippen molar-refractivity contribution >= 4 is 17.5 Å². The van der Waals surface area contributed by atoms with E-state index in [1.165, 1.54) is 6.07 Å². The number of aromatic nitrogens is 3. The number of benzene rings is 1. The summed E-state index contributed by atoms with van der Waals surface area (Å²) in [4.78, 5) is 16.5. The molecule has 0 saturated heterocycles. The molecule has 0 aliphatic rings. The summed E-state index contributed by atoms with van der Waals surface area (Å²) >= 11 is 5.90. The van der Waals surface area contributed by atoms with Crippen LogP contribution in [0.25, 0.3) is 11.1 Å². The normalized spacial score (nSPS) is 11.4. The van der Waals surface area contributed by atoms with Crippen LogP contribution in [0.15, 0.2) is 48.8 Å². The van der Waals surface area contributed by atoms with Crippen molar-refractivity contribution in [2.24, 2.45) is 0 Å². The summed E-state index contributed by atoms with van der Waals surface area (Å²) < 4.78 is 44.5. The number of carbonyl (C=O) groups excluding carboxylic acids is 1. The first kappa shape index (κ1) is 22.6. The van der Waals surface area contributed by atoms with Gasteiger partial charge in [0.25, 0.3) is 5.91 Å². The summed E-state index contributed by atoms with van der Waals surface area (Å²) in [6, 6.07) is 9.63. The van der Waals surface area contributed by atoms with Crippen LogP contribution in [-0.4, -0.2) is 33.5 Å². The molecule has 0 saturated carbocycles. The van der Waals surface area contributed by atoms with Crippen molar-refractivity contribution in [3.8, 4) is 16.9 Å². The van der Waals surface area contributed by atoms with Gasteiger partial charge >= 0.3 is 6.18 Å². The zero-order chi connectivity index (χ0) is 22.4. The monoisotopic (exact) mass is 452 g/mol. The van der Waals surface area contributed by atoms with Gasteiger partial charge in [0.15, 0.2) is 6.61 Å². The third-order valence-corrected chi connectivity index (χ3v) is 4.48. The smallest absolute Gasteiger partial charge is 0.422 e. The summed E-state index contributed by atoms with van der Waals surface area (Å²) in [5.41, 5.74) is 1.56. The molecule has 0 bridgehead atoms. The van der Waals surface area contributed by atoms with Crippen molar-refractivity contribution in [3.63, 3.8) is 0 Å². The van der Waals surface area contributed by atoms with Crippen LogP contribution in [0.3, 0.4) is 0 Å². The first-order valence-corrected chi connectivity index (χ1v) is 9.89.